The second-order valence-electron chi connectivity index (χ2n) is 6.67. The van der Waals surface area contributed by atoms with Gasteiger partial charge in [0.15, 0.2) is 0 Å². The molecule has 1 N–H and O–H groups in total. The number of rotatable bonds is 4. The number of aryl methyl sites for hydroxylation is 1. The van der Waals surface area contributed by atoms with Crippen LogP contribution in [0.2, 0.25) is 5.02 Å². The fraction of sp³-hybridized carbons (Fsp3) is 0.0870. The average Bonchev–Trinajstić information content (AvgIpc) is 2.75. The molecule has 1 heterocycles. The van der Waals surface area contributed by atoms with E-state index in [1.165, 1.54) is 4.57 Å². The Labute approximate surface area is 177 Å². The summed E-state index contributed by atoms with van der Waals surface area (Å²) < 4.78 is 6.67. The van der Waals surface area contributed by atoms with E-state index in [2.05, 4.69) is 10.3 Å². The molecule has 4 rings (SSSR count). The third-order valence-electron chi connectivity index (χ3n) is 4.73. The van der Waals surface area contributed by atoms with E-state index in [1.807, 2.05) is 6.07 Å². The second kappa shape index (κ2) is 8.00. The Morgan fingerprint density at radius 2 is 1.83 bits per heavy atom. The SMILES string of the molecule is COc1ccc2c(=O)n(-c3ccc(NC(=O)c4ccccc4)cc3Cl)c(C)nc2c1. The first-order valence-electron chi connectivity index (χ1n) is 9.21. The zero-order chi connectivity index (χ0) is 21.3. The summed E-state index contributed by atoms with van der Waals surface area (Å²) in [7, 11) is 1.56. The van der Waals surface area contributed by atoms with Crippen LogP contribution < -0.4 is 15.6 Å². The largest absolute Gasteiger partial charge is 0.497 e. The van der Waals surface area contributed by atoms with Gasteiger partial charge in [0.2, 0.25) is 0 Å². The fourth-order valence-electron chi connectivity index (χ4n) is 3.25. The van der Waals surface area contributed by atoms with Gasteiger partial charge in [0, 0.05) is 17.3 Å². The van der Waals surface area contributed by atoms with Gasteiger partial charge >= 0.3 is 0 Å². The minimum atomic E-state index is -0.242. The van der Waals surface area contributed by atoms with Crippen LogP contribution in [0.15, 0.2) is 71.5 Å². The third-order valence-corrected chi connectivity index (χ3v) is 5.03. The van der Waals surface area contributed by atoms with Crippen LogP contribution in [0, 0.1) is 6.92 Å². The van der Waals surface area contributed by atoms with Crippen molar-refractivity contribution in [2.45, 2.75) is 6.92 Å². The quantitative estimate of drug-likeness (QED) is 0.524. The van der Waals surface area contributed by atoms with Crippen LogP contribution in [0.4, 0.5) is 5.69 Å². The highest BCUT2D eigenvalue weighted by Crippen LogP contribution is 2.26. The van der Waals surface area contributed by atoms with Crippen molar-refractivity contribution in [2.24, 2.45) is 0 Å². The van der Waals surface area contributed by atoms with Crippen molar-refractivity contribution >= 4 is 34.1 Å². The van der Waals surface area contributed by atoms with Crippen LogP contribution in [0.1, 0.15) is 16.2 Å². The lowest BCUT2D eigenvalue weighted by Crippen LogP contribution is -2.22. The van der Waals surface area contributed by atoms with Crippen LogP contribution >= 0.6 is 11.6 Å². The standard InChI is InChI=1S/C23H18ClN3O3/c1-14-25-20-13-17(30-2)9-10-18(20)23(29)27(14)21-11-8-16(12-19(21)24)26-22(28)15-6-4-3-5-7-15/h3-13H,1-2H3,(H,26,28). The van der Waals surface area contributed by atoms with E-state index in [-0.39, 0.29) is 11.5 Å². The summed E-state index contributed by atoms with van der Waals surface area (Å²) in [4.78, 5) is 30.0. The lowest BCUT2D eigenvalue weighted by Gasteiger charge is -2.14. The van der Waals surface area contributed by atoms with Crippen LogP contribution in [-0.4, -0.2) is 22.6 Å². The predicted molar refractivity (Wildman–Crippen MR) is 118 cm³/mol. The molecule has 30 heavy (non-hydrogen) atoms. The number of benzene rings is 3. The summed E-state index contributed by atoms with van der Waals surface area (Å²) in [5.41, 5.74) is 1.88. The summed E-state index contributed by atoms with van der Waals surface area (Å²) in [6.07, 6.45) is 0. The number of hydrogen-bond donors (Lipinski definition) is 1. The number of ether oxygens (including phenoxy) is 1. The van der Waals surface area contributed by atoms with Gasteiger partial charge in [-0.05, 0) is 49.4 Å². The van der Waals surface area contributed by atoms with Gasteiger partial charge in [-0.2, -0.15) is 0 Å². The van der Waals surface area contributed by atoms with Crippen LogP contribution in [0.25, 0.3) is 16.6 Å². The molecule has 0 aliphatic rings. The molecule has 0 bridgehead atoms. The number of carbonyl (C=O) groups is 1. The highest BCUT2D eigenvalue weighted by molar-refractivity contribution is 6.32. The summed E-state index contributed by atoms with van der Waals surface area (Å²) in [6.45, 7) is 1.74. The fourth-order valence-corrected chi connectivity index (χ4v) is 3.51. The molecule has 0 saturated carbocycles. The van der Waals surface area contributed by atoms with Gasteiger partial charge in [-0.15, -0.1) is 0 Å². The molecule has 150 valence electrons. The molecule has 3 aromatic carbocycles. The van der Waals surface area contributed by atoms with Gasteiger partial charge in [0.1, 0.15) is 11.6 Å². The summed E-state index contributed by atoms with van der Waals surface area (Å²) in [6, 6.07) is 19.0. The summed E-state index contributed by atoms with van der Waals surface area (Å²) in [5.74, 6) is 0.876. The van der Waals surface area contributed by atoms with Gasteiger partial charge in [-0.25, -0.2) is 4.98 Å². The van der Waals surface area contributed by atoms with Crippen LogP contribution in [0.5, 0.6) is 5.75 Å². The maximum absolute atomic E-state index is 13.1. The van der Waals surface area contributed by atoms with Crippen molar-refractivity contribution in [3.8, 4) is 11.4 Å². The summed E-state index contributed by atoms with van der Waals surface area (Å²) in [5, 5.41) is 3.59. The molecule has 0 saturated heterocycles. The molecule has 6 nitrogen and oxygen atoms in total. The molecular formula is C23H18ClN3O3. The Kier molecular flexibility index (Phi) is 5.25. The van der Waals surface area contributed by atoms with Gasteiger partial charge in [0.25, 0.3) is 11.5 Å². The first-order valence-corrected chi connectivity index (χ1v) is 9.59. The van der Waals surface area contributed by atoms with Gasteiger partial charge in [-0.1, -0.05) is 29.8 Å². The molecule has 0 atom stereocenters. The topological polar surface area (TPSA) is 73.2 Å². The molecule has 1 amide bonds. The van der Waals surface area contributed by atoms with E-state index in [0.29, 0.717) is 44.4 Å². The van der Waals surface area contributed by atoms with E-state index in [9.17, 15) is 9.59 Å². The number of nitrogens with zero attached hydrogens (tertiary/aromatic N) is 2. The number of anilines is 1. The third kappa shape index (κ3) is 3.65. The Bertz CT molecular complexity index is 1320. The van der Waals surface area contributed by atoms with Crippen molar-refractivity contribution in [3.05, 3.63) is 93.5 Å². The Morgan fingerprint density at radius 1 is 1.07 bits per heavy atom. The zero-order valence-electron chi connectivity index (χ0n) is 16.3. The number of fused-ring (bicyclic) bond motifs is 1. The highest BCUT2D eigenvalue weighted by Gasteiger charge is 2.14. The number of amides is 1. The maximum atomic E-state index is 13.1. The Hall–Kier alpha value is -3.64. The first-order chi connectivity index (χ1) is 14.5. The van der Waals surface area contributed by atoms with Crippen molar-refractivity contribution in [2.75, 3.05) is 12.4 Å². The number of aromatic nitrogens is 2. The number of hydrogen-bond acceptors (Lipinski definition) is 4. The second-order valence-corrected chi connectivity index (χ2v) is 7.08. The van der Waals surface area contributed by atoms with E-state index in [0.717, 1.165) is 0 Å². The Balaban J connectivity index is 1.72. The Morgan fingerprint density at radius 3 is 2.53 bits per heavy atom. The van der Waals surface area contributed by atoms with Crippen molar-refractivity contribution < 1.29 is 9.53 Å². The molecule has 0 spiro atoms. The molecule has 1 aromatic heterocycles. The van der Waals surface area contributed by atoms with E-state index < -0.39 is 0 Å². The normalized spacial score (nSPS) is 10.8. The number of nitrogens with one attached hydrogen (secondary N) is 1. The molecule has 0 fully saturated rings. The molecule has 7 heteroatoms. The number of carbonyl (C=O) groups excluding carboxylic acids is 1. The molecule has 0 aliphatic carbocycles. The van der Waals surface area contributed by atoms with Crippen LogP contribution in [-0.2, 0) is 0 Å². The van der Waals surface area contributed by atoms with E-state index in [4.69, 9.17) is 16.3 Å². The zero-order valence-corrected chi connectivity index (χ0v) is 17.1. The van der Waals surface area contributed by atoms with Gasteiger partial charge in [0.05, 0.1) is 28.7 Å². The molecule has 0 radical (unpaired) electrons. The number of methoxy groups -OCH3 is 1. The van der Waals surface area contributed by atoms with E-state index in [1.54, 1.807) is 74.7 Å². The van der Waals surface area contributed by atoms with Crippen molar-refractivity contribution in [3.63, 3.8) is 0 Å². The van der Waals surface area contributed by atoms with Gasteiger partial charge < -0.3 is 10.1 Å². The predicted octanol–water partition coefficient (Wildman–Crippen LogP) is 4.61. The maximum Gasteiger partial charge on any atom is 0.266 e. The lowest BCUT2D eigenvalue weighted by molar-refractivity contribution is 0.102. The van der Waals surface area contributed by atoms with Crippen LogP contribution in [0.3, 0.4) is 0 Å². The molecular weight excluding hydrogens is 402 g/mol. The highest BCUT2D eigenvalue weighted by atomic mass is 35.5. The monoisotopic (exact) mass is 419 g/mol. The smallest absolute Gasteiger partial charge is 0.266 e. The van der Waals surface area contributed by atoms with Gasteiger partial charge in [-0.3, -0.25) is 14.2 Å². The molecule has 0 aliphatic heterocycles. The first kappa shape index (κ1) is 19.7. The number of halogens is 1. The minimum absolute atomic E-state index is 0.233. The lowest BCUT2D eigenvalue weighted by atomic mass is 10.2. The molecule has 4 aromatic rings. The van der Waals surface area contributed by atoms with Crippen molar-refractivity contribution in [1.29, 1.82) is 0 Å². The average molecular weight is 420 g/mol. The van der Waals surface area contributed by atoms with E-state index >= 15 is 0 Å². The molecule has 0 unspecified atom stereocenters. The van der Waals surface area contributed by atoms with Crippen molar-refractivity contribution in [1.82, 2.24) is 9.55 Å². The summed E-state index contributed by atoms with van der Waals surface area (Å²) >= 11 is 6.48. The minimum Gasteiger partial charge on any atom is -0.497 e.